The van der Waals surface area contributed by atoms with E-state index in [1.165, 1.54) is 11.8 Å². The van der Waals surface area contributed by atoms with Gasteiger partial charge in [0, 0.05) is 12.1 Å². The average molecular weight is 285 g/mol. The van der Waals surface area contributed by atoms with Gasteiger partial charge in [0.15, 0.2) is 0 Å². The fourth-order valence-electron chi connectivity index (χ4n) is 1.65. The maximum absolute atomic E-state index is 9.68. The van der Waals surface area contributed by atoms with E-state index in [1.54, 1.807) is 0 Å². The number of hydrogen-bond acceptors (Lipinski definition) is 4. The summed E-state index contributed by atoms with van der Waals surface area (Å²) in [4.78, 5) is 3.88. The Morgan fingerprint density at radius 3 is 2.45 bits per heavy atom. The first-order chi connectivity index (χ1) is 9.31. The van der Waals surface area contributed by atoms with Crippen molar-refractivity contribution in [1.82, 2.24) is 0 Å². The van der Waals surface area contributed by atoms with E-state index in [2.05, 4.69) is 45.7 Å². The van der Waals surface area contributed by atoms with E-state index in [1.807, 2.05) is 0 Å². The maximum Gasteiger partial charge on any atom is 0.0968 e. The monoisotopic (exact) mass is 285 g/mol. The smallest absolute Gasteiger partial charge is 0.0968 e. The summed E-state index contributed by atoms with van der Waals surface area (Å²) in [6.07, 6.45) is 4.09. The molecule has 0 aliphatic heterocycles. The predicted molar refractivity (Wildman–Crippen MR) is 84.3 cm³/mol. The summed E-state index contributed by atoms with van der Waals surface area (Å²) in [7, 11) is 0. The Morgan fingerprint density at radius 2 is 1.95 bits per heavy atom. The molecule has 2 atom stereocenters. The van der Waals surface area contributed by atoms with Gasteiger partial charge in [0.25, 0.3) is 0 Å². The molecule has 0 radical (unpaired) electrons. The van der Waals surface area contributed by atoms with Gasteiger partial charge in [-0.05, 0) is 18.8 Å². The first kappa shape index (κ1) is 19.3. The molecule has 118 valence electrons. The number of nitrogens with zero attached hydrogens (tertiary/aromatic N) is 1. The van der Waals surface area contributed by atoms with Crippen molar-refractivity contribution in [2.75, 3.05) is 26.4 Å². The molecule has 0 rings (SSSR count). The third-order valence-corrected chi connectivity index (χ3v) is 3.29. The number of aliphatic hydroxyl groups excluding tert-OH is 2. The van der Waals surface area contributed by atoms with Crippen LogP contribution >= 0.6 is 0 Å². The molecule has 0 fully saturated rings. The number of allylic oxidation sites excluding steroid dienone is 1. The first-order valence-electron chi connectivity index (χ1n) is 7.33. The third kappa shape index (κ3) is 9.23. The van der Waals surface area contributed by atoms with Gasteiger partial charge in [-0.1, -0.05) is 39.3 Å². The highest BCUT2D eigenvalue weighted by Crippen LogP contribution is 2.28. The molecule has 20 heavy (non-hydrogen) atoms. The number of ether oxygens (including phenoxy) is 1. The van der Waals surface area contributed by atoms with Gasteiger partial charge >= 0.3 is 0 Å². The molecule has 0 aromatic carbocycles. The average Bonchev–Trinajstić information content (AvgIpc) is 2.36. The van der Waals surface area contributed by atoms with Crippen LogP contribution in [-0.4, -0.2) is 48.9 Å². The molecule has 0 aromatic heterocycles. The Labute approximate surface area is 123 Å². The second-order valence-corrected chi connectivity index (χ2v) is 6.26. The Morgan fingerprint density at radius 1 is 1.30 bits per heavy atom. The Hall–Kier alpha value is -0.710. The Balaban J connectivity index is 4.25. The van der Waals surface area contributed by atoms with Crippen LogP contribution < -0.4 is 0 Å². The molecule has 0 spiro atoms. The van der Waals surface area contributed by atoms with E-state index in [0.29, 0.717) is 12.5 Å². The number of aliphatic hydroxyl groups is 2. The summed E-state index contributed by atoms with van der Waals surface area (Å²) < 4.78 is 5.63. The summed E-state index contributed by atoms with van der Waals surface area (Å²) in [6.45, 7) is 11.9. The van der Waals surface area contributed by atoms with Gasteiger partial charge in [-0.2, -0.15) is 0 Å². The van der Waals surface area contributed by atoms with Crippen molar-refractivity contribution in [3.8, 4) is 0 Å². The summed E-state index contributed by atoms with van der Waals surface area (Å²) in [5.41, 5.74) is 1.50. The lowest BCUT2D eigenvalue weighted by atomic mass is 9.80. The van der Waals surface area contributed by atoms with Gasteiger partial charge in [0.05, 0.1) is 32.5 Å². The molecule has 0 aliphatic rings. The fourth-order valence-corrected chi connectivity index (χ4v) is 1.65. The molecule has 0 aliphatic carbocycles. The van der Waals surface area contributed by atoms with E-state index < -0.39 is 6.10 Å². The van der Waals surface area contributed by atoms with Gasteiger partial charge in [0.1, 0.15) is 0 Å². The lowest BCUT2D eigenvalue weighted by Gasteiger charge is -2.29. The second-order valence-electron chi connectivity index (χ2n) is 6.26. The molecule has 2 unspecified atom stereocenters. The fraction of sp³-hybridized carbons (Fsp3) is 0.812. The molecule has 0 bridgehead atoms. The standard InChI is InChI=1S/C16H31NO3/c1-6-13(2)9-14(16(3,4)5)11-20-12-15(19)10-17-7-8-18/h7,9,14-15,18-19H,6,8,10-12H2,1-5H3/b13-9-,17-7+. The summed E-state index contributed by atoms with van der Waals surface area (Å²) in [5, 5.41) is 18.2. The van der Waals surface area contributed by atoms with Crippen molar-refractivity contribution < 1.29 is 14.9 Å². The zero-order chi connectivity index (χ0) is 15.6. The minimum absolute atomic E-state index is 0.0965. The number of hydrogen-bond donors (Lipinski definition) is 2. The lowest BCUT2D eigenvalue weighted by Crippen LogP contribution is -2.27. The van der Waals surface area contributed by atoms with Crippen LogP contribution in [0.1, 0.15) is 41.0 Å². The zero-order valence-corrected chi connectivity index (χ0v) is 13.6. The first-order valence-corrected chi connectivity index (χ1v) is 7.33. The Bertz CT molecular complexity index is 305. The third-order valence-electron chi connectivity index (χ3n) is 3.29. The van der Waals surface area contributed by atoms with Crippen LogP contribution in [0.2, 0.25) is 0 Å². The van der Waals surface area contributed by atoms with E-state index in [-0.39, 0.29) is 25.2 Å². The van der Waals surface area contributed by atoms with Crippen molar-refractivity contribution >= 4 is 6.21 Å². The van der Waals surface area contributed by atoms with E-state index >= 15 is 0 Å². The quantitative estimate of drug-likeness (QED) is 0.505. The highest BCUT2D eigenvalue weighted by molar-refractivity contribution is 5.57. The molecule has 0 heterocycles. The van der Waals surface area contributed by atoms with Gasteiger partial charge in [-0.3, -0.25) is 4.99 Å². The molecular weight excluding hydrogens is 254 g/mol. The molecule has 2 N–H and O–H groups in total. The van der Waals surface area contributed by atoms with Crippen molar-refractivity contribution in [3.63, 3.8) is 0 Å². The molecule has 0 saturated carbocycles. The molecule has 0 saturated heterocycles. The summed E-state index contributed by atoms with van der Waals surface area (Å²) >= 11 is 0. The molecular formula is C16H31NO3. The van der Waals surface area contributed by atoms with Crippen LogP contribution in [-0.2, 0) is 4.74 Å². The van der Waals surface area contributed by atoms with Crippen LogP contribution in [0.25, 0.3) is 0 Å². The highest BCUT2D eigenvalue weighted by Gasteiger charge is 2.23. The molecule has 4 nitrogen and oxygen atoms in total. The second kappa shape index (κ2) is 10.1. The minimum Gasteiger partial charge on any atom is -0.391 e. The molecule has 4 heteroatoms. The highest BCUT2D eigenvalue weighted by atomic mass is 16.5. The SMILES string of the molecule is CC/C(C)=C\C(COCC(O)C/N=C/CO)C(C)(C)C. The van der Waals surface area contributed by atoms with E-state index in [0.717, 1.165) is 6.42 Å². The van der Waals surface area contributed by atoms with Crippen LogP contribution in [0, 0.1) is 11.3 Å². The van der Waals surface area contributed by atoms with Gasteiger partial charge in [-0.15, -0.1) is 0 Å². The predicted octanol–water partition coefficient (Wildman–Crippen LogP) is 2.45. The van der Waals surface area contributed by atoms with Gasteiger partial charge < -0.3 is 14.9 Å². The van der Waals surface area contributed by atoms with Crippen molar-refractivity contribution in [1.29, 1.82) is 0 Å². The normalized spacial score (nSPS) is 16.6. The zero-order valence-electron chi connectivity index (χ0n) is 13.6. The number of rotatable bonds is 9. The number of aliphatic imine (C=N–C) groups is 1. The van der Waals surface area contributed by atoms with E-state index in [4.69, 9.17) is 9.84 Å². The van der Waals surface area contributed by atoms with Crippen LogP contribution in [0.3, 0.4) is 0 Å². The summed E-state index contributed by atoms with van der Waals surface area (Å²) in [5.74, 6) is 0.329. The van der Waals surface area contributed by atoms with Crippen LogP contribution in [0.4, 0.5) is 0 Å². The molecule has 0 aromatic rings. The Kier molecular flexibility index (Phi) is 9.72. The van der Waals surface area contributed by atoms with Crippen molar-refractivity contribution in [2.24, 2.45) is 16.3 Å². The minimum atomic E-state index is -0.616. The van der Waals surface area contributed by atoms with Crippen LogP contribution in [0.5, 0.6) is 0 Å². The lowest BCUT2D eigenvalue weighted by molar-refractivity contribution is 0.0155. The van der Waals surface area contributed by atoms with Crippen LogP contribution in [0.15, 0.2) is 16.6 Å². The summed E-state index contributed by atoms with van der Waals surface area (Å²) in [6, 6.07) is 0. The van der Waals surface area contributed by atoms with Crippen molar-refractivity contribution in [2.45, 2.75) is 47.1 Å². The largest absolute Gasteiger partial charge is 0.391 e. The van der Waals surface area contributed by atoms with Gasteiger partial charge in [0.2, 0.25) is 0 Å². The van der Waals surface area contributed by atoms with Gasteiger partial charge in [-0.25, -0.2) is 0 Å². The topological polar surface area (TPSA) is 62.0 Å². The molecule has 0 amide bonds. The maximum atomic E-state index is 9.68. The van der Waals surface area contributed by atoms with Crippen molar-refractivity contribution in [3.05, 3.63) is 11.6 Å². The van der Waals surface area contributed by atoms with E-state index in [9.17, 15) is 5.11 Å².